The van der Waals surface area contributed by atoms with E-state index < -0.39 is 5.97 Å². The highest BCUT2D eigenvalue weighted by molar-refractivity contribution is 9.10. The van der Waals surface area contributed by atoms with Crippen LogP contribution < -0.4 is 0 Å². The van der Waals surface area contributed by atoms with Crippen LogP contribution in [0.5, 0.6) is 0 Å². The summed E-state index contributed by atoms with van der Waals surface area (Å²) in [5, 5.41) is 9.14. The number of benzene rings is 1. The van der Waals surface area contributed by atoms with Crippen molar-refractivity contribution in [3.63, 3.8) is 0 Å². The summed E-state index contributed by atoms with van der Waals surface area (Å²) in [6.07, 6.45) is 1.33. The Kier molecular flexibility index (Phi) is 5.00. The van der Waals surface area contributed by atoms with Gasteiger partial charge in [0.05, 0.1) is 5.92 Å². The second-order valence-electron chi connectivity index (χ2n) is 4.50. The molecule has 0 aliphatic carbocycles. The van der Waals surface area contributed by atoms with Gasteiger partial charge in [-0.05, 0) is 36.5 Å². The van der Waals surface area contributed by atoms with Crippen LogP contribution in [0.2, 0.25) is 0 Å². The minimum Gasteiger partial charge on any atom is -0.481 e. The van der Waals surface area contributed by atoms with Crippen LogP contribution in [-0.2, 0) is 11.2 Å². The molecular weight excluding hydrogens is 268 g/mol. The molecule has 1 aromatic carbocycles. The molecule has 2 nitrogen and oxygen atoms in total. The molecule has 88 valence electrons. The second-order valence-corrected chi connectivity index (χ2v) is 5.41. The van der Waals surface area contributed by atoms with E-state index in [2.05, 4.69) is 29.8 Å². The summed E-state index contributed by atoms with van der Waals surface area (Å²) in [5.41, 5.74) is 1.07. The fourth-order valence-electron chi connectivity index (χ4n) is 1.79. The molecule has 0 unspecified atom stereocenters. The van der Waals surface area contributed by atoms with Gasteiger partial charge in [0.2, 0.25) is 0 Å². The number of rotatable bonds is 5. The zero-order valence-corrected chi connectivity index (χ0v) is 11.2. The predicted octanol–water partition coefficient (Wildman–Crippen LogP) is 3.74. The molecule has 1 atom stereocenters. The first-order chi connectivity index (χ1) is 7.49. The van der Waals surface area contributed by atoms with E-state index >= 15 is 0 Å². The van der Waals surface area contributed by atoms with Gasteiger partial charge in [-0.15, -0.1) is 0 Å². The molecule has 1 N–H and O–H groups in total. The van der Waals surface area contributed by atoms with Crippen LogP contribution in [0.3, 0.4) is 0 Å². The van der Waals surface area contributed by atoms with E-state index in [0.29, 0.717) is 12.3 Å². The second kappa shape index (κ2) is 6.04. The summed E-state index contributed by atoms with van der Waals surface area (Å²) in [6.45, 7) is 4.10. The van der Waals surface area contributed by atoms with Gasteiger partial charge in [-0.3, -0.25) is 4.79 Å². The van der Waals surface area contributed by atoms with Crippen molar-refractivity contribution in [1.29, 1.82) is 0 Å². The Bertz CT molecular complexity index is 361. The molecule has 0 fully saturated rings. The monoisotopic (exact) mass is 284 g/mol. The molecular formula is C13H17BrO2. The third-order valence-electron chi connectivity index (χ3n) is 2.48. The fourth-order valence-corrected chi connectivity index (χ4v) is 2.24. The average molecular weight is 285 g/mol. The molecule has 16 heavy (non-hydrogen) atoms. The molecule has 0 aliphatic rings. The highest BCUT2D eigenvalue weighted by atomic mass is 79.9. The maximum Gasteiger partial charge on any atom is 0.306 e. The van der Waals surface area contributed by atoms with Crippen LogP contribution in [0, 0.1) is 11.8 Å². The van der Waals surface area contributed by atoms with E-state index in [-0.39, 0.29) is 5.92 Å². The quantitative estimate of drug-likeness (QED) is 0.894. The number of hydrogen-bond donors (Lipinski definition) is 1. The SMILES string of the molecule is CC(C)C[C@@H](Cc1cccc(Br)c1)C(=O)O. The van der Waals surface area contributed by atoms with Crippen molar-refractivity contribution in [3.05, 3.63) is 34.3 Å². The summed E-state index contributed by atoms with van der Waals surface area (Å²) in [4.78, 5) is 11.1. The first kappa shape index (κ1) is 13.2. The predicted molar refractivity (Wildman–Crippen MR) is 68.4 cm³/mol. The van der Waals surface area contributed by atoms with Crippen LogP contribution in [0.15, 0.2) is 28.7 Å². The molecule has 0 spiro atoms. The molecule has 0 aliphatic heterocycles. The topological polar surface area (TPSA) is 37.3 Å². The lowest BCUT2D eigenvalue weighted by molar-refractivity contribution is -0.142. The van der Waals surface area contributed by atoms with Gasteiger partial charge in [-0.2, -0.15) is 0 Å². The summed E-state index contributed by atoms with van der Waals surface area (Å²) in [7, 11) is 0. The van der Waals surface area contributed by atoms with Crippen molar-refractivity contribution in [2.75, 3.05) is 0 Å². The molecule has 1 aromatic rings. The van der Waals surface area contributed by atoms with E-state index in [9.17, 15) is 4.79 Å². The lowest BCUT2D eigenvalue weighted by Crippen LogP contribution is -2.18. The van der Waals surface area contributed by atoms with E-state index in [0.717, 1.165) is 16.5 Å². The Labute approximate surface area is 105 Å². The van der Waals surface area contributed by atoms with Gasteiger partial charge < -0.3 is 5.11 Å². The van der Waals surface area contributed by atoms with Crippen molar-refractivity contribution in [1.82, 2.24) is 0 Å². The normalized spacial score (nSPS) is 12.8. The molecule has 3 heteroatoms. The van der Waals surface area contributed by atoms with Crippen molar-refractivity contribution in [2.24, 2.45) is 11.8 Å². The molecule has 0 saturated carbocycles. The van der Waals surface area contributed by atoms with Gasteiger partial charge >= 0.3 is 5.97 Å². The molecule has 0 heterocycles. The molecule has 0 radical (unpaired) electrons. The smallest absolute Gasteiger partial charge is 0.306 e. The summed E-state index contributed by atoms with van der Waals surface area (Å²) in [6, 6.07) is 7.84. The molecule has 0 saturated heterocycles. The molecule has 1 rings (SSSR count). The van der Waals surface area contributed by atoms with Crippen LogP contribution >= 0.6 is 15.9 Å². The van der Waals surface area contributed by atoms with E-state index in [4.69, 9.17) is 5.11 Å². The molecule has 0 bridgehead atoms. The Morgan fingerprint density at radius 2 is 2.12 bits per heavy atom. The average Bonchev–Trinajstić information content (AvgIpc) is 2.15. The zero-order valence-electron chi connectivity index (χ0n) is 9.61. The highest BCUT2D eigenvalue weighted by Crippen LogP contribution is 2.20. The summed E-state index contributed by atoms with van der Waals surface area (Å²) < 4.78 is 0.999. The lowest BCUT2D eigenvalue weighted by atomic mass is 9.91. The maximum atomic E-state index is 11.1. The van der Waals surface area contributed by atoms with Crippen LogP contribution in [0.1, 0.15) is 25.8 Å². The molecule has 0 amide bonds. The largest absolute Gasteiger partial charge is 0.481 e. The van der Waals surface area contributed by atoms with Gasteiger partial charge in [-0.25, -0.2) is 0 Å². The number of hydrogen-bond acceptors (Lipinski definition) is 1. The Morgan fingerprint density at radius 1 is 1.44 bits per heavy atom. The first-order valence-electron chi connectivity index (χ1n) is 5.46. The number of carboxylic acids is 1. The van der Waals surface area contributed by atoms with Gasteiger partial charge in [0, 0.05) is 4.47 Å². The summed E-state index contributed by atoms with van der Waals surface area (Å²) in [5.74, 6) is -0.573. The van der Waals surface area contributed by atoms with Crippen molar-refractivity contribution in [3.8, 4) is 0 Å². The summed E-state index contributed by atoms with van der Waals surface area (Å²) >= 11 is 3.39. The standard InChI is InChI=1S/C13H17BrO2/c1-9(2)6-11(13(15)16)7-10-4-3-5-12(14)8-10/h3-5,8-9,11H,6-7H2,1-2H3,(H,15,16)/t11-/m0/s1. The van der Waals surface area contributed by atoms with E-state index in [1.807, 2.05) is 24.3 Å². The lowest BCUT2D eigenvalue weighted by Gasteiger charge is -2.14. The number of halogens is 1. The first-order valence-corrected chi connectivity index (χ1v) is 6.25. The van der Waals surface area contributed by atoms with E-state index in [1.54, 1.807) is 0 Å². The fraction of sp³-hybridized carbons (Fsp3) is 0.462. The van der Waals surface area contributed by atoms with Gasteiger partial charge in [0.1, 0.15) is 0 Å². The van der Waals surface area contributed by atoms with Crippen molar-refractivity contribution in [2.45, 2.75) is 26.7 Å². The maximum absolute atomic E-state index is 11.1. The van der Waals surface area contributed by atoms with Gasteiger partial charge in [0.25, 0.3) is 0 Å². The Morgan fingerprint density at radius 3 is 2.62 bits per heavy atom. The van der Waals surface area contributed by atoms with Crippen LogP contribution in [-0.4, -0.2) is 11.1 Å². The third-order valence-corrected chi connectivity index (χ3v) is 2.97. The van der Waals surface area contributed by atoms with Gasteiger partial charge in [-0.1, -0.05) is 41.9 Å². The Balaban J connectivity index is 2.71. The molecule has 0 aromatic heterocycles. The van der Waals surface area contributed by atoms with Crippen molar-refractivity contribution < 1.29 is 9.90 Å². The Hall–Kier alpha value is -0.830. The van der Waals surface area contributed by atoms with Crippen molar-refractivity contribution >= 4 is 21.9 Å². The number of carbonyl (C=O) groups is 1. The van der Waals surface area contributed by atoms with Crippen LogP contribution in [0.25, 0.3) is 0 Å². The number of carboxylic acid groups (broad SMARTS) is 1. The third kappa shape index (κ3) is 4.35. The highest BCUT2D eigenvalue weighted by Gasteiger charge is 2.19. The number of aliphatic carboxylic acids is 1. The minimum atomic E-state index is -0.700. The van der Waals surface area contributed by atoms with E-state index in [1.165, 1.54) is 0 Å². The van der Waals surface area contributed by atoms with Crippen LogP contribution in [0.4, 0.5) is 0 Å². The zero-order chi connectivity index (χ0) is 12.1. The minimum absolute atomic E-state index is 0.283. The van der Waals surface area contributed by atoms with Gasteiger partial charge in [0.15, 0.2) is 0 Å².